The van der Waals surface area contributed by atoms with Gasteiger partial charge < -0.3 is 20.1 Å². The second-order valence-electron chi connectivity index (χ2n) is 9.96. The van der Waals surface area contributed by atoms with Gasteiger partial charge in [-0.25, -0.2) is 4.79 Å². The molecule has 2 atom stereocenters. The number of nitrogens with one attached hydrogen (secondary N) is 2. The lowest BCUT2D eigenvalue weighted by atomic mass is 9.86. The summed E-state index contributed by atoms with van der Waals surface area (Å²) in [6.07, 6.45) is 1.72. The smallest absolute Gasteiger partial charge is 0.407 e. The molecule has 0 unspecified atom stereocenters. The van der Waals surface area contributed by atoms with Crippen LogP contribution >= 0.6 is 15.9 Å². The molecule has 1 aromatic rings. The van der Waals surface area contributed by atoms with Gasteiger partial charge in [-0.15, -0.1) is 0 Å². The Balaban J connectivity index is 1.93. The molecular formula is C23H35BrN2O4. The number of rotatable bonds is 5. The first-order valence-corrected chi connectivity index (χ1v) is 11.2. The molecule has 0 heterocycles. The molecule has 1 fully saturated rings. The highest BCUT2D eigenvalue weighted by molar-refractivity contribution is 9.10. The highest BCUT2D eigenvalue weighted by Crippen LogP contribution is 2.36. The van der Waals surface area contributed by atoms with Gasteiger partial charge in [0.05, 0.1) is 7.11 Å². The van der Waals surface area contributed by atoms with Crippen LogP contribution in [0.4, 0.5) is 4.79 Å². The fourth-order valence-corrected chi connectivity index (χ4v) is 4.12. The van der Waals surface area contributed by atoms with Crippen LogP contribution in [0, 0.1) is 5.92 Å². The van der Waals surface area contributed by atoms with E-state index in [9.17, 15) is 9.59 Å². The Hall–Kier alpha value is -1.76. The van der Waals surface area contributed by atoms with Crippen molar-refractivity contribution in [2.75, 3.05) is 7.11 Å². The monoisotopic (exact) mass is 482 g/mol. The predicted octanol–water partition coefficient (Wildman–Crippen LogP) is 5.06. The van der Waals surface area contributed by atoms with E-state index in [1.165, 1.54) is 0 Å². The number of amides is 2. The lowest BCUT2D eigenvalue weighted by Crippen LogP contribution is -2.38. The number of alkyl carbamates (subject to hydrolysis) is 1. The van der Waals surface area contributed by atoms with Crippen molar-refractivity contribution in [1.82, 2.24) is 10.6 Å². The number of hydrogen-bond acceptors (Lipinski definition) is 4. The van der Waals surface area contributed by atoms with Crippen LogP contribution in [-0.2, 0) is 21.5 Å². The maximum Gasteiger partial charge on any atom is 0.407 e. The summed E-state index contributed by atoms with van der Waals surface area (Å²) in [6, 6.07) is 4.01. The minimum atomic E-state index is -0.531. The lowest BCUT2D eigenvalue weighted by Gasteiger charge is -2.23. The van der Waals surface area contributed by atoms with E-state index in [1.54, 1.807) is 7.11 Å². The molecular weight excluding hydrogens is 448 g/mol. The SMILES string of the molecule is COc1cc(CNC(=O)[C@H]2CC[C@H](NC(=O)OC(C)(C)C)C2)c(Br)cc1C(C)(C)C. The van der Waals surface area contributed by atoms with E-state index in [-0.39, 0.29) is 23.3 Å². The fourth-order valence-electron chi connectivity index (χ4n) is 3.64. The van der Waals surface area contributed by atoms with Crippen molar-refractivity contribution in [3.63, 3.8) is 0 Å². The normalized spacial score (nSPS) is 19.3. The molecule has 0 aliphatic heterocycles. The quantitative estimate of drug-likeness (QED) is 0.614. The third kappa shape index (κ3) is 6.89. The average Bonchev–Trinajstić information content (AvgIpc) is 3.06. The van der Waals surface area contributed by atoms with Gasteiger partial charge in [0, 0.05) is 28.5 Å². The van der Waals surface area contributed by atoms with Crippen molar-refractivity contribution in [3.05, 3.63) is 27.7 Å². The Labute approximate surface area is 188 Å². The number of carbonyl (C=O) groups is 2. The van der Waals surface area contributed by atoms with Gasteiger partial charge in [-0.1, -0.05) is 36.7 Å². The highest BCUT2D eigenvalue weighted by Gasteiger charge is 2.32. The molecule has 1 aliphatic rings. The van der Waals surface area contributed by atoms with Gasteiger partial charge in [-0.3, -0.25) is 4.79 Å². The summed E-state index contributed by atoms with van der Waals surface area (Å²) in [6.45, 7) is 12.3. The van der Waals surface area contributed by atoms with Crippen molar-refractivity contribution in [3.8, 4) is 5.75 Å². The minimum Gasteiger partial charge on any atom is -0.496 e. The third-order valence-electron chi connectivity index (χ3n) is 5.15. The standard InChI is InChI=1S/C23H35BrN2O4/c1-22(2,3)17-12-18(24)15(11-19(17)29-7)13-25-20(27)14-8-9-16(10-14)26-21(28)30-23(4,5)6/h11-12,14,16H,8-10,13H2,1-7H3,(H,25,27)(H,26,28)/t14-,16-/m0/s1. The first-order chi connectivity index (χ1) is 13.8. The summed E-state index contributed by atoms with van der Waals surface area (Å²) in [5.41, 5.74) is 1.50. The van der Waals surface area contributed by atoms with Crippen molar-refractivity contribution in [2.45, 2.75) is 84.4 Å². The second kappa shape index (κ2) is 9.58. The second-order valence-corrected chi connectivity index (χ2v) is 10.8. The van der Waals surface area contributed by atoms with Crippen molar-refractivity contribution in [2.24, 2.45) is 5.92 Å². The number of halogens is 1. The molecule has 1 saturated carbocycles. The molecule has 0 bridgehead atoms. The molecule has 30 heavy (non-hydrogen) atoms. The Kier molecular flexibility index (Phi) is 7.83. The van der Waals surface area contributed by atoms with Crippen molar-refractivity contribution < 1.29 is 19.1 Å². The molecule has 7 heteroatoms. The van der Waals surface area contributed by atoms with Crippen LogP contribution in [0.15, 0.2) is 16.6 Å². The number of carbonyl (C=O) groups excluding carboxylic acids is 2. The van der Waals surface area contributed by atoms with Crippen molar-refractivity contribution in [1.29, 1.82) is 0 Å². The molecule has 1 aliphatic carbocycles. The predicted molar refractivity (Wildman–Crippen MR) is 122 cm³/mol. The molecule has 2 N–H and O–H groups in total. The maximum absolute atomic E-state index is 12.7. The number of benzene rings is 1. The van der Waals surface area contributed by atoms with E-state index < -0.39 is 11.7 Å². The van der Waals surface area contributed by atoms with Crippen LogP contribution in [0.25, 0.3) is 0 Å². The van der Waals surface area contributed by atoms with Gasteiger partial charge in [0.1, 0.15) is 11.4 Å². The summed E-state index contributed by atoms with van der Waals surface area (Å²) in [5, 5.41) is 5.91. The van der Waals surface area contributed by atoms with Crippen molar-refractivity contribution >= 4 is 27.9 Å². The Morgan fingerprint density at radius 2 is 1.80 bits per heavy atom. The Morgan fingerprint density at radius 3 is 2.37 bits per heavy atom. The zero-order valence-electron chi connectivity index (χ0n) is 19.1. The zero-order valence-corrected chi connectivity index (χ0v) is 20.7. The summed E-state index contributed by atoms with van der Waals surface area (Å²) < 4.78 is 11.8. The molecule has 0 spiro atoms. The van der Waals surface area contributed by atoms with E-state index in [0.717, 1.165) is 34.2 Å². The van der Waals surface area contributed by atoms with Gasteiger partial charge in [0.2, 0.25) is 5.91 Å². The molecule has 0 aromatic heterocycles. The van der Waals surface area contributed by atoms with E-state index in [4.69, 9.17) is 9.47 Å². The van der Waals surface area contributed by atoms with Crippen LogP contribution < -0.4 is 15.4 Å². The molecule has 2 amide bonds. The fraction of sp³-hybridized carbons (Fsp3) is 0.652. The number of methoxy groups -OCH3 is 1. The van der Waals surface area contributed by atoms with Crippen LogP contribution in [0.2, 0.25) is 0 Å². The van der Waals surface area contributed by atoms with E-state index in [0.29, 0.717) is 13.0 Å². The van der Waals surface area contributed by atoms with E-state index >= 15 is 0 Å². The summed E-state index contributed by atoms with van der Waals surface area (Å²) >= 11 is 3.63. The minimum absolute atomic E-state index is 0.00857. The average molecular weight is 483 g/mol. The Morgan fingerprint density at radius 1 is 1.13 bits per heavy atom. The molecule has 168 valence electrons. The molecule has 1 aromatic carbocycles. The maximum atomic E-state index is 12.7. The zero-order chi connectivity index (χ0) is 22.7. The summed E-state index contributed by atoms with van der Waals surface area (Å²) in [4.78, 5) is 24.6. The largest absolute Gasteiger partial charge is 0.496 e. The van der Waals surface area contributed by atoms with Crippen LogP contribution in [0.1, 0.15) is 71.9 Å². The molecule has 0 radical (unpaired) electrons. The van der Waals surface area contributed by atoms with Crippen LogP contribution in [0.3, 0.4) is 0 Å². The van der Waals surface area contributed by atoms with Gasteiger partial charge >= 0.3 is 6.09 Å². The van der Waals surface area contributed by atoms with Crippen LogP contribution in [0.5, 0.6) is 5.75 Å². The highest BCUT2D eigenvalue weighted by atomic mass is 79.9. The lowest BCUT2D eigenvalue weighted by molar-refractivity contribution is -0.125. The first kappa shape index (κ1) is 24.5. The first-order valence-electron chi connectivity index (χ1n) is 10.4. The molecule has 2 rings (SSSR count). The summed E-state index contributed by atoms with van der Waals surface area (Å²) in [5.74, 6) is 0.714. The number of hydrogen-bond donors (Lipinski definition) is 2. The van der Waals surface area contributed by atoms with Gasteiger partial charge in [0.15, 0.2) is 0 Å². The topological polar surface area (TPSA) is 76.7 Å². The number of ether oxygens (including phenoxy) is 2. The van der Waals surface area contributed by atoms with Gasteiger partial charge in [-0.05, 0) is 63.1 Å². The van der Waals surface area contributed by atoms with Gasteiger partial charge in [-0.2, -0.15) is 0 Å². The third-order valence-corrected chi connectivity index (χ3v) is 5.89. The molecule has 6 nitrogen and oxygen atoms in total. The van der Waals surface area contributed by atoms with E-state index in [2.05, 4.69) is 53.4 Å². The van der Waals surface area contributed by atoms with E-state index in [1.807, 2.05) is 26.8 Å². The van der Waals surface area contributed by atoms with Crippen LogP contribution in [-0.4, -0.2) is 30.8 Å². The molecule has 0 saturated heterocycles. The summed E-state index contributed by atoms with van der Waals surface area (Å²) in [7, 11) is 1.66. The van der Waals surface area contributed by atoms with Gasteiger partial charge in [0.25, 0.3) is 0 Å². The Bertz CT molecular complexity index is 781.